The first-order valence-corrected chi connectivity index (χ1v) is 10.0. The first-order chi connectivity index (χ1) is 13.9. The molecule has 3 N–H and O–H groups in total. The monoisotopic (exact) mass is 407 g/mol. The van der Waals surface area contributed by atoms with E-state index in [1.165, 1.54) is 18.0 Å². The van der Waals surface area contributed by atoms with E-state index < -0.39 is 6.61 Å². The number of alkyl halides is 2. The van der Waals surface area contributed by atoms with Crippen molar-refractivity contribution in [1.82, 2.24) is 19.7 Å². The van der Waals surface area contributed by atoms with Crippen LogP contribution in [0.1, 0.15) is 37.9 Å². The van der Waals surface area contributed by atoms with Crippen molar-refractivity contribution in [2.24, 2.45) is 11.8 Å². The Hall–Kier alpha value is -2.26. The SMILES string of the molecule is CC(C)n1nc(-c2cnc(N)c(OC(F)F)c2)cc1[C@H]1[C@@H]2CN(CCCO)C[C@@H]21. The Labute approximate surface area is 168 Å². The highest BCUT2D eigenvalue weighted by molar-refractivity contribution is 5.64. The lowest BCUT2D eigenvalue weighted by atomic mass is 10.1. The van der Waals surface area contributed by atoms with Crippen LogP contribution < -0.4 is 10.5 Å². The summed E-state index contributed by atoms with van der Waals surface area (Å²) in [4.78, 5) is 6.41. The van der Waals surface area contributed by atoms with E-state index >= 15 is 0 Å². The lowest BCUT2D eigenvalue weighted by molar-refractivity contribution is -0.0494. The van der Waals surface area contributed by atoms with Crippen LogP contribution in [-0.4, -0.2) is 57.6 Å². The van der Waals surface area contributed by atoms with Crippen molar-refractivity contribution >= 4 is 5.82 Å². The zero-order chi connectivity index (χ0) is 20.7. The van der Waals surface area contributed by atoms with E-state index in [1.54, 1.807) is 0 Å². The van der Waals surface area contributed by atoms with Gasteiger partial charge < -0.3 is 20.5 Å². The van der Waals surface area contributed by atoms with Gasteiger partial charge in [0, 0.05) is 55.7 Å². The van der Waals surface area contributed by atoms with Crippen LogP contribution in [0.2, 0.25) is 0 Å². The normalized spacial score (nSPS) is 23.8. The van der Waals surface area contributed by atoms with Crippen LogP contribution in [0.5, 0.6) is 5.75 Å². The van der Waals surface area contributed by atoms with Gasteiger partial charge in [-0.1, -0.05) is 0 Å². The molecule has 0 aromatic carbocycles. The summed E-state index contributed by atoms with van der Waals surface area (Å²) in [7, 11) is 0. The van der Waals surface area contributed by atoms with Gasteiger partial charge in [0.2, 0.25) is 0 Å². The lowest BCUT2D eigenvalue weighted by Crippen LogP contribution is -2.26. The second kappa shape index (κ2) is 7.87. The van der Waals surface area contributed by atoms with Crippen LogP contribution in [0.15, 0.2) is 18.3 Å². The third-order valence-corrected chi connectivity index (χ3v) is 5.89. The van der Waals surface area contributed by atoms with Crippen molar-refractivity contribution in [2.75, 3.05) is 32.0 Å². The number of hydrogen-bond donors (Lipinski definition) is 2. The second-order valence-corrected chi connectivity index (χ2v) is 8.17. The van der Waals surface area contributed by atoms with Gasteiger partial charge >= 0.3 is 6.61 Å². The average molecular weight is 407 g/mol. The predicted octanol–water partition coefficient (Wildman–Crippen LogP) is 2.74. The molecule has 158 valence electrons. The number of piperidine rings is 1. The summed E-state index contributed by atoms with van der Waals surface area (Å²) in [5.74, 6) is 1.47. The molecule has 3 heterocycles. The lowest BCUT2D eigenvalue weighted by Gasteiger charge is -2.19. The maximum Gasteiger partial charge on any atom is 0.387 e. The van der Waals surface area contributed by atoms with E-state index in [-0.39, 0.29) is 24.2 Å². The summed E-state index contributed by atoms with van der Waals surface area (Å²) in [6.45, 7) is 4.46. The minimum absolute atomic E-state index is 0.0720. The molecular weight excluding hydrogens is 380 g/mol. The fourth-order valence-electron chi connectivity index (χ4n) is 4.53. The summed E-state index contributed by atoms with van der Waals surface area (Å²) >= 11 is 0. The zero-order valence-corrected chi connectivity index (χ0v) is 16.6. The standard InChI is InChI=1S/C20H27F2N5O2/c1-11(2)27-16(18-13-9-26(4-3-5-28)10-14(13)18)7-15(25-27)12-6-17(29-20(21)22)19(23)24-8-12/h6-8,11,13-14,18,20,28H,3-5,9-10H2,1-2H3,(H2,23,24)/t13-,14+,18+. The Morgan fingerprint density at radius 1 is 1.28 bits per heavy atom. The molecule has 3 atom stereocenters. The number of fused-ring (bicyclic) bond motifs is 1. The van der Waals surface area contributed by atoms with Gasteiger partial charge in [0.25, 0.3) is 0 Å². The van der Waals surface area contributed by atoms with Gasteiger partial charge in [-0.25, -0.2) is 4.98 Å². The van der Waals surface area contributed by atoms with E-state index in [0.717, 1.165) is 26.1 Å². The Balaban J connectivity index is 1.56. The topological polar surface area (TPSA) is 89.4 Å². The highest BCUT2D eigenvalue weighted by atomic mass is 19.3. The zero-order valence-electron chi connectivity index (χ0n) is 16.6. The first-order valence-electron chi connectivity index (χ1n) is 10.0. The number of anilines is 1. The minimum atomic E-state index is -2.96. The maximum absolute atomic E-state index is 12.6. The molecule has 1 aliphatic carbocycles. The number of pyridine rings is 1. The molecule has 0 unspecified atom stereocenters. The number of aromatic nitrogens is 3. The summed E-state index contributed by atoms with van der Waals surface area (Å²) in [6.07, 6.45) is 2.35. The number of hydrogen-bond acceptors (Lipinski definition) is 6. The Bertz CT molecular complexity index is 861. The smallest absolute Gasteiger partial charge is 0.387 e. The molecule has 9 heteroatoms. The van der Waals surface area contributed by atoms with Gasteiger partial charge in [0.15, 0.2) is 11.6 Å². The van der Waals surface area contributed by atoms with Crippen LogP contribution >= 0.6 is 0 Å². The molecule has 4 rings (SSSR count). The van der Waals surface area contributed by atoms with Crippen molar-refractivity contribution in [3.05, 3.63) is 24.0 Å². The molecule has 2 aliphatic rings. The fourth-order valence-corrected chi connectivity index (χ4v) is 4.53. The minimum Gasteiger partial charge on any atom is -0.431 e. The quantitative estimate of drug-likeness (QED) is 0.700. The van der Waals surface area contributed by atoms with Crippen molar-refractivity contribution in [3.63, 3.8) is 0 Å². The molecule has 0 amide bonds. The number of aliphatic hydroxyl groups excluding tert-OH is 1. The van der Waals surface area contributed by atoms with E-state index in [9.17, 15) is 8.78 Å². The number of likely N-dealkylation sites (tertiary alicyclic amines) is 1. The number of halogens is 2. The molecule has 0 bridgehead atoms. The third-order valence-electron chi connectivity index (χ3n) is 5.89. The molecule has 1 aliphatic heterocycles. The molecule has 7 nitrogen and oxygen atoms in total. The molecule has 0 radical (unpaired) electrons. The van der Waals surface area contributed by atoms with Crippen LogP contribution in [0, 0.1) is 11.8 Å². The highest BCUT2D eigenvalue weighted by Gasteiger charge is 2.57. The average Bonchev–Trinajstić information content (AvgIpc) is 3.03. The first kappa shape index (κ1) is 20.0. The van der Waals surface area contributed by atoms with Gasteiger partial charge in [-0.2, -0.15) is 13.9 Å². The van der Waals surface area contributed by atoms with Crippen LogP contribution in [0.25, 0.3) is 11.3 Å². The van der Waals surface area contributed by atoms with Gasteiger partial charge in [0.05, 0.1) is 5.69 Å². The number of nitrogens with zero attached hydrogens (tertiary/aromatic N) is 4. The van der Waals surface area contributed by atoms with E-state index in [2.05, 4.69) is 28.5 Å². The van der Waals surface area contributed by atoms with Crippen LogP contribution in [-0.2, 0) is 0 Å². The van der Waals surface area contributed by atoms with Crippen molar-refractivity contribution in [3.8, 4) is 17.0 Å². The molecule has 2 aromatic rings. The number of nitrogens with two attached hydrogens (primary N) is 1. The number of ether oxygens (including phenoxy) is 1. The fraction of sp³-hybridized carbons (Fsp3) is 0.600. The molecule has 1 saturated heterocycles. The highest BCUT2D eigenvalue weighted by Crippen LogP contribution is 2.58. The van der Waals surface area contributed by atoms with Crippen molar-refractivity contribution in [1.29, 1.82) is 0 Å². The summed E-state index contributed by atoms with van der Waals surface area (Å²) in [5, 5.41) is 13.8. The molecule has 2 fully saturated rings. The van der Waals surface area contributed by atoms with E-state index in [4.69, 9.17) is 15.9 Å². The number of aliphatic hydroxyl groups is 1. The van der Waals surface area contributed by atoms with E-state index in [0.29, 0.717) is 29.0 Å². The maximum atomic E-state index is 12.6. The van der Waals surface area contributed by atoms with Crippen LogP contribution in [0.3, 0.4) is 0 Å². The molecule has 2 aromatic heterocycles. The van der Waals surface area contributed by atoms with E-state index in [1.807, 2.05) is 10.7 Å². The summed E-state index contributed by atoms with van der Waals surface area (Å²) in [5.41, 5.74) is 8.12. The summed E-state index contributed by atoms with van der Waals surface area (Å²) < 4.78 is 31.7. The third kappa shape index (κ3) is 3.93. The largest absolute Gasteiger partial charge is 0.431 e. The molecule has 1 saturated carbocycles. The van der Waals surface area contributed by atoms with Gasteiger partial charge in [-0.3, -0.25) is 4.68 Å². The number of rotatable bonds is 8. The second-order valence-electron chi connectivity index (χ2n) is 8.17. The number of nitrogen functional groups attached to an aromatic ring is 1. The molecule has 0 spiro atoms. The van der Waals surface area contributed by atoms with Crippen molar-refractivity contribution in [2.45, 2.75) is 38.8 Å². The Kier molecular flexibility index (Phi) is 5.44. The predicted molar refractivity (Wildman–Crippen MR) is 105 cm³/mol. The molecule has 29 heavy (non-hydrogen) atoms. The Morgan fingerprint density at radius 3 is 2.62 bits per heavy atom. The summed E-state index contributed by atoms with van der Waals surface area (Å²) in [6, 6.07) is 3.69. The van der Waals surface area contributed by atoms with Gasteiger partial charge in [-0.05, 0) is 44.2 Å². The Morgan fingerprint density at radius 2 is 2.00 bits per heavy atom. The van der Waals surface area contributed by atoms with Crippen molar-refractivity contribution < 1.29 is 18.6 Å². The van der Waals surface area contributed by atoms with Gasteiger partial charge in [-0.15, -0.1) is 0 Å². The van der Waals surface area contributed by atoms with Crippen LogP contribution in [0.4, 0.5) is 14.6 Å². The van der Waals surface area contributed by atoms with Gasteiger partial charge in [0.1, 0.15) is 0 Å². The molecular formula is C20H27F2N5O2.